The molecule has 0 bridgehead atoms. The van der Waals surface area contributed by atoms with Crippen LogP contribution >= 0.6 is 0 Å². The molecular formula is C14H18N4O. The van der Waals surface area contributed by atoms with E-state index in [9.17, 15) is 0 Å². The van der Waals surface area contributed by atoms with Gasteiger partial charge in [0, 0.05) is 18.3 Å². The second-order valence-corrected chi connectivity index (χ2v) is 4.07. The van der Waals surface area contributed by atoms with Gasteiger partial charge in [0.2, 0.25) is 0 Å². The van der Waals surface area contributed by atoms with E-state index in [-0.39, 0.29) is 6.61 Å². The van der Waals surface area contributed by atoms with E-state index in [1.165, 1.54) is 11.9 Å². The molecule has 0 saturated carbocycles. The SMILES string of the molecule is CCc1ccccc1Nc1cc(NCCO)ncn1. The number of aliphatic hydroxyl groups excluding tert-OH is 1. The van der Waals surface area contributed by atoms with Crippen molar-refractivity contribution in [3.8, 4) is 0 Å². The first-order chi connectivity index (χ1) is 9.33. The van der Waals surface area contributed by atoms with Crippen molar-refractivity contribution in [3.63, 3.8) is 0 Å². The van der Waals surface area contributed by atoms with Gasteiger partial charge in [0.1, 0.15) is 18.0 Å². The zero-order valence-corrected chi connectivity index (χ0v) is 10.9. The molecule has 0 saturated heterocycles. The number of hydrogen-bond donors (Lipinski definition) is 3. The lowest BCUT2D eigenvalue weighted by Crippen LogP contribution is -2.07. The van der Waals surface area contributed by atoms with E-state index in [0.29, 0.717) is 12.4 Å². The van der Waals surface area contributed by atoms with E-state index >= 15 is 0 Å². The van der Waals surface area contributed by atoms with Crippen LogP contribution in [-0.2, 0) is 6.42 Å². The van der Waals surface area contributed by atoms with Crippen LogP contribution in [0.5, 0.6) is 0 Å². The summed E-state index contributed by atoms with van der Waals surface area (Å²) in [4.78, 5) is 8.28. The number of aryl methyl sites for hydroxylation is 1. The fraction of sp³-hybridized carbons (Fsp3) is 0.286. The minimum absolute atomic E-state index is 0.0748. The number of para-hydroxylation sites is 1. The highest BCUT2D eigenvalue weighted by Crippen LogP contribution is 2.20. The van der Waals surface area contributed by atoms with Gasteiger partial charge in [-0.15, -0.1) is 0 Å². The normalized spacial score (nSPS) is 10.2. The van der Waals surface area contributed by atoms with Crippen molar-refractivity contribution in [1.82, 2.24) is 9.97 Å². The monoisotopic (exact) mass is 258 g/mol. The van der Waals surface area contributed by atoms with Crippen LogP contribution in [0.25, 0.3) is 0 Å². The Labute approximate surface area is 112 Å². The molecule has 0 spiro atoms. The highest BCUT2D eigenvalue weighted by Gasteiger charge is 2.02. The van der Waals surface area contributed by atoms with Gasteiger partial charge in [-0.3, -0.25) is 0 Å². The van der Waals surface area contributed by atoms with Gasteiger partial charge in [0.15, 0.2) is 0 Å². The summed E-state index contributed by atoms with van der Waals surface area (Å²) in [5.74, 6) is 1.43. The lowest BCUT2D eigenvalue weighted by Gasteiger charge is -2.11. The number of nitrogens with one attached hydrogen (secondary N) is 2. The first-order valence-electron chi connectivity index (χ1n) is 6.35. The summed E-state index contributed by atoms with van der Waals surface area (Å²) in [6, 6.07) is 9.96. The maximum atomic E-state index is 8.78. The van der Waals surface area contributed by atoms with Gasteiger partial charge < -0.3 is 15.7 Å². The predicted molar refractivity (Wildman–Crippen MR) is 76.7 cm³/mol. The van der Waals surface area contributed by atoms with Gasteiger partial charge >= 0.3 is 0 Å². The molecule has 1 aromatic carbocycles. The molecule has 100 valence electrons. The van der Waals surface area contributed by atoms with E-state index in [1.54, 1.807) is 0 Å². The molecule has 0 amide bonds. The molecule has 19 heavy (non-hydrogen) atoms. The van der Waals surface area contributed by atoms with Gasteiger partial charge in [0.25, 0.3) is 0 Å². The molecule has 2 aromatic rings. The molecule has 2 rings (SSSR count). The van der Waals surface area contributed by atoms with E-state index in [4.69, 9.17) is 5.11 Å². The molecule has 0 aliphatic heterocycles. The summed E-state index contributed by atoms with van der Waals surface area (Å²) in [7, 11) is 0. The molecule has 3 N–H and O–H groups in total. The average molecular weight is 258 g/mol. The third-order valence-corrected chi connectivity index (χ3v) is 2.75. The van der Waals surface area contributed by atoms with Crippen molar-refractivity contribution >= 4 is 17.3 Å². The Morgan fingerprint density at radius 2 is 1.95 bits per heavy atom. The number of benzene rings is 1. The zero-order chi connectivity index (χ0) is 13.5. The molecule has 0 aliphatic carbocycles. The minimum Gasteiger partial charge on any atom is -0.395 e. The molecule has 0 fully saturated rings. The summed E-state index contributed by atoms with van der Waals surface area (Å²) >= 11 is 0. The van der Waals surface area contributed by atoms with Gasteiger partial charge in [-0.25, -0.2) is 9.97 Å². The number of rotatable bonds is 6. The van der Waals surface area contributed by atoms with Crippen LogP contribution in [0, 0.1) is 0 Å². The number of aromatic nitrogens is 2. The maximum Gasteiger partial charge on any atom is 0.135 e. The van der Waals surface area contributed by atoms with Crippen LogP contribution in [0.4, 0.5) is 17.3 Å². The minimum atomic E-state index is 0.0748. The summed E-state index contributed by atoms with van der Waals surface area (Å²) < 4.78 is 0. The van der Waals surface area contributed by atoms with Crippen LogP contribution in [0.2, 0.25) is 0 Å². The molecule has 5 nitrogen and oxygen atoms in total. The molecule has 1 heterocycles. The zero-order valence-electron chi connectivity index (χ0n) is 10.9. The van der Waals surface area contributed by atoms with Crippen molar-refractivity contribution in [2.75, 3.05) is 23.8 Å². The number of hydrogen-bond acceptors (Lipinski definition) is 5. The molecule has 0 unspecified atom stereocenters. The van der Waals surface area contributed by atoms with Crippen molar-refractivity contribution < 1.29 is 5.11 Å². The predicted octanol–water partition coefficient (Wildman–Crippen LogP) is 2.19. The molecule has 5 heteroatoms. The molecular weight excluding hydrogens is 240 g/mol. The fourth-order valence-corrected chi connectivity index (χ4v) is 1.79. The number of aliphatic hydroxyl groups is 1. The average Bonchev–Trinajstić information content (AvgIpc) is 2.46. The lowest BCUT2D eigenvalue weighted by molar-refractivity contribution is 0.311. The summed E-state index contributed by atoms with van der Waals surface area (Å²) in [5, 5.41) is 15.1. The number of anilines is 3. The standard InChI is InChI=1S/C14H18N4O/c1-2-11-5-3-4-6-12(11)18-14-9-13(15-7-8-19)16-10-17-14/h3-6,9-10,19H,2,7-8H2,1H3,(H2,15,16,17,18). The summed E-state index contributed by atoms with van der Waals surface area (Å²) in [6.07, 6.45) is 2.46. The van der Waals surface area contributed by atoms with Crippen molar-refractivity contribution in [3.05, 3.63) is 42.2 Å². The van der Waals surface area contributed by atoms with Crippen molar-refractivity contribution in [2.45, 2.75) is 13.3 Å². The first kappa shape index (κ1) is 13.3. The van der Waals surface area contributed by atoms with E-state index < -0.39 is 0 Å². The highest BCUT2D eigenvalue weighted by atomic mass is 16.3. The highest BCUT2D eigenvalue weighted by molar-refractivity contribution is 5.62. The maximum absolute atomic E-state index is 8.78. The van der Waals surface area contributed by atoms with Crippen LogP contribution in [0.1, 0.15) is 12.5 Å². The third kappa shape index (κ3) is 3.66. The Balaban J connectivity index is 2.14. The Morgan fingerprint density at radius 3 is 2.74 bits per heavy atom. The topological polar surface area (TPSA) is 70.1 Å². The largest absolute Gasteiger partial charge is 0.395 e. The van der Waals surface area contributed by atoms with Crippen LogP contribution in [0.3, 0.4) is 0 Å². The van der Waals surface area contributed by atoms with E-state index in [1.807, 2.05) is 24.3 Å². The molecule has 0 atom stereocenters. The Morgan fingerprint density at radius 1 is 1.16 bits per heavy atom. The Kier molecular flexibility index (Phi) is 4.69. The van der Waals surface area contributed by atoms with Crippen LogP contribution in [0.15, 0.2) is 36.7 Å². The van der Waals surface area contributed by atoms with Gasteiger partial charge in [0.05, 0.1) is 6.61 Å². The second-order valence-electron chi connectivity index (χ2n) is 4.07. The molecule has 0 aliphatic rings. The third-order valence-electron chi connectivity index (χ3n) is 2.75. The fourth-order valence-electron chi connectivity index (χ4n) is 1.79. The molecule has 0 radical (unpaired) electrons. The Bertz CT molecular complexity index is 530. The smallest absolute Gasteiger partial charge is 0.135 e. The summed E-state index contributed by atoms with van der Waals surface area (Å²) in [5.41, 5.74) is 2.29. The van der Waals surface area contributed by atoms with Crippen LogP contribution < -0.4 is 10.6 Å². The summed E-state index contributed by atoms with van der Waals surface area (Å²) in [6.45, 7) is 2.67. The lowest BCUT2D eigenvalue weighted by atomic mass is 10.1. The van der Waals surface area contributed by atoms with E-state index in [2.05, 4.69) is 33.6 Å². The van der Waals surface area contributed by atoms with Crippen LogP contribution in [-0.4, -0.2) is 28.2 Å². The van der Waals surface area contributed by atoms with E-state index in [0.717, 1.165) is 17.9 Å². The first-order valence-corrected chi connectivity index (χ1v) is 6.35. The van der Waals surface area contributed by atoms with Gasteiger partial charge in [-0.2, -0.15) is 0 Å². The van der Waals surface area contributed by atoms with Gasteiger partial charge in [-0.1, -0.05) is 25.1 Å². The van der Waals surface area contributed by atoms with Gasteiger partial charge in [-0.05, 0) is 18.1 Å². The molecule has 1 aromatic heterocycles. The quantitative estimate of drug-likeness (QED) is 0.741. The van der Waals surface area contributed by atoms with Crippen molar-refractivity contribution in [1.29, 1.82) is 0 Å². The second kappa shape index (κ2) is 6.70. The Hall–Kier alpha value is -2.14. The number of nitrogens with zero attached hydrogens (tertiary/aromatic N) is 2. The van der Waals surface area contributed by atoms with Crippen molar-refractivity contribution in [2.24, 2.45) is 0 Å².